The van der Waals surface area contributed by atoms with E-state index in [1.54, 1.807) is 45.9 Å². The number of imidazole rings is 1. The van der Waals surface area contributed by atoms with Crippen LogP contribution in [0.4, 0.5) is 5.95 Å². The van der Waals surface area contributed by atoms with Crippen molar-refractivity contribution in [3.05, 3.63) is 74.5 Å². The number of ether oxygens (including phenoxy) is 1. The molecule has 1 N–H and O–H groups in total. The van der Waals surface area contributed by atoms with Crippen molar-refractivity contribution in [2.45, 2.75) is 53.1 Å². The lowest BCUT2D eigenvalue weighted by molar-refractivity contribution is 0.0600. The van der Waals surface area contributed by atoms with Gasteiger partial charge in [0.1, 0.15) is 11.5 Å². The number of fused-ring (bicyclic) bond motifs is 1. The number of H-pyrrole nitrogens is 1. The van der Waals surface area contributed by atoms with Crippen LogP contribution in [0.1, 0.15) is 68.0 Å². The van der Waals surface area contributed by atoms with Gasteiger partial charge >= 0.3 is 5.97 Å². The molecule has 0 bridgehead atoms. The third kappa shape index (κ3) is 5.34. The summed E-state index contributed by atoms with van der Waals surface area (Å²) in [7, 11) is 1.36. The molecule has 202 valence electrons. The third-order valence-corrected chi connectivity index (χ3v) is 9.20. The zero-order valence-electron chi connectivity index (χ0n) is 22.2. The maximum Gasteiger partial charge on any atom is 0.337 e. The monoisotopic (exact) mass is 563 g/mol. The van der Waals surface area contributed by atoms with Gasteiger partial charge in [-0.15, -0.1) is 27.8 Å². The highest BCUT2D eigenvalue weighted by molar-refractivity contribution is 7.37. The minimum Gasteiger partial charge on any atom is -0.465 e. The number of aryl methyl sites for hydroxylation is 3. The number of thiophene rings is 2. The van der Waals surface area contributed by atoms with Gasteiger partial charge in [0.15, 0.2) is 0 Å². The predicted molar refractivity (Wildman–Crippen MR) is 152 cm³/mol. The number of aromatic nitrogens is 6. The second kappa shape index (κ2) is 11.5. The Balaban J connectivity index is 1.50. The van der Waals surface area contributed by atoms with Crippen molar-refractivity contribution in [3.63, 3.8) is 0 Å². The minimum absolute atomic E-state index is 0.207. The number of anilines is 1. The SMILES string of the molecule is CCCCc1ncc(C(=O)N(Cc2sc3scc(C)c3c2C)c2nn[nH]n2)n1Cc1ccc(C(=O)OC)cc1. The van der Waals surface area contributed by atoms with Gasteiger partial charge in [-0.05, 0) is 59.7 Å². The first kappa shape index (κ1) is 26.7. The number of unbranched alkanes of at least 4 members (excludes halogenated alkanes) is 1. The Morgan fingerprint density at radius 1 is 1.18 bits per heavy atom. The largest absolute Gasteiger partial charge is 0.465 e. The molecule has 0 unspecified atom stereocenters. The van der Waals surface area contributed by atoms with Gasteiger partial charge in [0.25, 0.3) is 11.9 Å². The summed E-state index contributed by atoms with van der Waals surface area (Å²) < 4.78 is 8.00. The van der Waals surface area contributed by atoms with Crippen LogP contribution < -0.4 is 4.90 Å². The standard InChI is InChI=1S/C27H29N7O3S2/c1-5-6-7-22-28-12-20(33(22)13-18-8-10-19(11-9-18)25(36)37-4)24(35)34(27-29-31-32-30-27)14-21-17(3)23-16(2)15-38-26(23)39-21/h8-12,15H,5-7,13-14H2,1-4H3,(H,29,30,31,32). The highest BCUT2D eigenvalue weighted by Crippen LogP contribution is 2.38. The molecule has 4 heterocycles. The van der Waals surface area contributed by atoms with Crippen molar-refractivity contribution in [1.82, 2.24) is 30.2 Å². The Morgan fingerprint density at radius 2 is 1.97 bits per heavy atom. The number of rotatable bonds is 10. The fourth-order valence-corrected chi connectivity index (χ4v) is 7.11. The zero-order chi connectivity index (χ0) is 27.5. The van der Waals surface area contributed by atoms with Crippen LogP contribution in [0.5, 0.6) is 0 Å². The second-order valence-corrected chi connectivity index (χ2v) is 11.5. The van der Waals surface area contributed by atoms with Crippen molar-refractivity contribution in [2.75, 3.05) is 12.0 Å². The Hall–Kier alpha value is -3.90. The van der Waals surface area contributed by atoms with Gasteiger partial charge in [-0.1, -0.05) is 30.6 Å². The summed E-state index contributed by atoms with van der Waals surface area (Å²) in [4.78, 5) is 33.3. The van der Waals surface area contributed by atoms with E-state index in [9.17, 15) is 9.59 Å². The van der Waals surface area contributed by atoms with E-state index in [-0.39, 0.29) is 11.9 Å². The molecule has 0 fully saturated rings. The zero-order valence-corrected chi connectivity index (χ0v) is 23.9. The van der Waals surface area contributed by atoms with Crippen LogP contribution in [0.3, 0.4) is 0 Å². The molecular formula is C27H29N7O3S2. The lowest BCUT2D eigenvalue weighted by Gasteiger charge is -2.20. The molecule has 0 atom stereocenters. The summed E-state index contributed by atoms with van der Waals surface area (Å²) >= 11 is 3.41. The molecule has 10 nitrogen and oxygen atoms in total. The molecule has 5 aromatic rings. The highest BCUT2D eigenvalue weighted by atomic mass is 32.2. The van der Waals surface area contributed by atoms with E-state index in [4.69, 9.17) is 4.74 Å². The molecule has 5 rings (SSSR count). The van der Waals surface area contributed by atoms with Crippen molar-refractivity contribution < 1.29 is 14.3 Å². The summed E-state index contributed by atoms with van der Waals surface area (Å²) in [5.41, 5.74) is 4.25. The maximum atomic E-state index is 14.1. The first-order chi connectivity index (χ1) is 18.9. The number of hydrogen-bond acceptors (Lipinski definition) is 9. The van der Waals surface area contributed by atoms with Crippen LogP contribution in [-0.2, 0) is 24.2 Å². The molecule has 0 aliphatic heterocycles. The number of carbonyl (C=O) groups excluding carboxylic acids is 2. The Morgan fingerprint density at radius 3 is 2.64 bits per heavy atom. The van der Waals surface area contributed by atoms with Crippen molar-refractivity contribution in [3.8, 4) is 0 Å². The normalized spacial score (nSPS) is 11.3. The van der Waals surface area contributed by atoms with Gasteiger partial charge in [0.05, 0.1) is 29.4 Å². The van der Waals surface area contributed by atoms with E-state index in [1.165, 1.54) is 22.1 Å². The van der Waals surface area contributed by atoms with Crippen LogP contribution in [0.2, 0.25) is 0 Å². The molecule has 0 aliphatic carbocycles. The van der Waals surface area contributed by atoms with E-state index in [2.05, 4.69) is 51.8 Å². The predicted octanol–water partition coefficient (Wildman–Crippen LogP) is 5.31. The van der Waals surface area contributed by atoms with Gasteiger partial charge < -0.3 is 9.30 Å². The fraction of sp³-hybridized carbons (Fsp3) is 0.333. The molecule has 0 saturated carbocycles. The minimum atomic E-state index is -0.390. The number of esters is 1. The maximum absolute atomic E-state index is 14.1. The Labute approximate surface area is 233 Å². The number of benzene rings is 1. The third-order valence-electron chi connectivity index (χ3n) is 6.70. The van der Waals surface area contributed by atoms with Crippen LogP contribution in [0.15, 0.2) is 35.8 Å². The topological polar surface area (TPSA) is 119 Å². The van der Waals surface area contributed by atoms with Crippen molar-refractivity contribution in [2.24, 2.45) is 0 Å². The van der Waals surface area contributed by atoms with Gasteiger partial charge in [0, 0.05) is 23.2 Å². The quantitative estimate of drug-likeness (QED) is 0.229. The number of aromatic amines is 1. The number of nitrogens with zero attached hydrogens (tertiary/aromatic N) is 6. The molecule has 0 spiro atoms. The van der Waals surface area contributed by atoms with Crippen LogP contribution >= 0.6 is 22.7 Å². The molecule has 0 saturated heterocycles. The number of nitrogens with one attached hydrogen (secondary N) is 1. The molecule has 12 heteroatoms. The van der Waals surface area contributed by atoms with E-state index in [1.807, 2.05) is 16.7 Å². The first-order valence-electron chi connectivity index (χ1n) is 12.6. The number of carbonyl (C=O) groups is 2. The Bertz CT molecular complexity index is 1600. The number of tetrazole rings is 1. The number of amides is 1. The molecular weight excluding hydrogens is 534 g/mol. The smallest absolute Gasteiger partial charge is 0.337 e. The summed E-state index contributed by atoms with van der Waals surface area (Å²) in [6.07, 6.45) is 4.33. The molecule has 4 aromatic heterocycles. The average Bonchev–Trinajstić information content (AvgIpc) is 3.74. The fourth-order valence-electron chi connectivity index (χ4n) is 4.55. The van der Waals surface area contributed by atoms with Gasteiger partial charge in [-0.2, -0.15) is 5.21 Å². The van der Waals surface area contributed by atoms with Gasteiger partial charge in [-0.3, -0.25) is 9.69 Å². The molecule has 0 radical (unpaired) electrons. The average molecular weight is 564 g/mol. The van der Waals surface area contributed by atoms with E-state index in [0.29, 0.717) is 24.3 Å². The van der Waals surface area contributed by atoms with Crippen molar-refractivity contribution >= 4 is 49.9 Å². The number of hydrogen-bond donors (Lipinski definition) is 1. The lowest BCUT2D eigenvalue weighted by atomic mass is 10.1. The second-order valence-electron chi connectivity index (χ2n) is 9.27. The summed E-state index contributed by atoms with van der Waals surface area (Å²) in [6.45, 7) is 7.07. The number of methoxy groups -OCH3 is 1. The van der Waals surface area contributed by atoms with Gasteiger partial charge in [0.2, 0.25) is 0 Å². The summed E-state index contributed by atoms with van der Waals surface area (Å²) in [5.74, 6) is 0.385. The van der Waals surface area contributed by atoms with E-state index in [0.717, 1.165) is 41.1 Å². The molecule has 1 amide bonds. The molecule has 0 aliphatic rings. The first-order valence-corrected chi connectivity index (χ1v) is 14.3. The summed E-state index contributed by atoms with van der Waals surface area (Å²) in [5, 5.41) is 17.9. The van der Waals surface area contributed by atoms with E-state index < -0.39 is 5.97 Å². The van der Waals surface area contributed by atoms with Crippen LogP contribution in [-0.4, -0.2) is 49.2 Å². The molecule has 39 heavy (non-hydrogen) atoms. The Kier molecular flexibility index (Phi) is 7.84. The molecule has 1 aromatic carbocycles. The van der Waals surface area contributed by atoms with Crippen LogP contribution in [0.25, 0.3) is 9.40 Å². The van der Waals surface area contributed by atoms with Gasteiger partial charge in [-0.25, -0.2) is 9.78 Å². The summed E-state index contributed by atoms with van der Waals surface area (Å²) in [6, 6.07) is 7.19. The lowest BCUT2D eigenvalue weighted by Crippen LogP contribution is -2.33. The van der Waals surface area contributed by atoms with Crippen molar-refractivity contribution in [1.29, 1.82) is 0 Å². The highest BCUT2D eigenvalue weighted by Gasteiger charge is 2.28. The van der Waals surface area contributed by atoms with E-state index >= 15 is 0 Å². The van der Waals surface area contributed by atoms with Crippen LogP contribution in [0, 0.1) is 13.8 Å².